The third kappa shape index (κ3) is 3.06. The molecule has 148 valence electrons. The molecular formula is C23H16ClN3O3. The van der Waals surface area contributed by atoms with Crippen LogP contribution in [0.4, 0.5) is 0 Å². The quantitative estimate of drug-likeness (QED) is 0.530. The lowest BCUT2D eigenvalue weighted by Gasteiger charge is -2.14. The van der Waals surface area contributed by atoms with Crippen LogP contribution in [0.3, 0.4) is 0 Å². The second kappa shape index (κ2) is 7.54. The fourth-order valence-corrected chi connectivity index (χ4v) is 3.60. The number of para-hydroxylation sites is 1. The van der Waals surface area contributed by atoms with Crippen molar-refractivity contribution in [1.82, 2.24) is 9.55 Å². The van der Waals surface area contributed by atoms with Crippen molar-refractivity contribution in [2.45, 2.75) is 0 Å². The van der Waals surface area contributed by atoms with E-state index < -0.39 is 5.56 Å². The number of aryl methyl sites for hydroxylation is 1. The predicted molar refractivity (Wildman–Crippen MR) is 116 cm³/mol. The zero-order valence-electron chi connectivity index (χ0n) is 16.2. The highest BCUT2D eigenvalue weighted by Crippen LogP contribution is 2.37. The molecule has 0 unspecified atom stereocenters. The summed E-state index contributed by atoms with van der Waals surface area (Å²) >= 11 is 5.99. The molecule has 6 nitrogen and oxygen atoms in total. The van der Waals surface area contributed by atoms with Crippen LogP contribution in [-0.4, -0.2) is 21.8 Å². The molecule has 0 saturated carbocycles. The number of benzene rings is 2. The number of nitriles is 1. The molecule has 2 heterocycles. The van der Waals surface area contributed by atoms with Gasteiger partial charge in [0.05, 0.1) is 18.3 Å². The molecule has 2 aromatic heterocycles. The van der Waals surface area contributed by atoms with Crippen molar-refractivity contribution < 1.29 is 9.84 Å². The summed E-state index contributed by atoms with van der Waals surface area (Å²) in [5.74, 6) is -0.107. The number of rotatable bonds is 3. The first-order valence-electron chi connectivity index (χ1n) is 9.02. The van der Waals surface area contributed by atoms with Gasteiger partial charge in [-0.05, 0) is 35.9 Å². The average molecular weight is 418 g/mol. The molecule has 0 atom stereocenters. The zero-order chi connectivity index (χ0) is 21.4. The molecule has 0 bridgehead atoms. The monoisotopic (exact) mass is 417 g/mol. The van der Waals surface area contributed by atoms with Crippen LogP contribution in [0.5, 0.6) is 11.6 Å². The number of methoxy groups -OCH3 is 1. The van der Waals surface area contributed by atoms with Crippen LogP contribution >= 0.6 is 11.6 Å². The van der Waals surface area contributed by atoms with Gasteiger partial charge in [-0.15, -0.1) is 0 Å². The summed E-state index contributed by atoms with van der Waals surface area (Å²) in [7, 11) is 3.03. The van der Waals surface area contributed by atoms with Crippen molar-refractivity contribution >= 4 is 22.5 Å². The van der Waals surface area contributed by atoms with Gasteiger partial charge in [-0.1, -0.05) is 35.9 Å². The highest BCUT2D eigenvalue weighted by atomic mass is 35.5. The molecule has 0 spiro atoms. The number of aromatic hydroxyl groups is 1. The minimum atomic E-state index is -0.410. The second-order valence-corrected chi connectivity index (χ2v) is 7.10. The smallest absolute Gasteiger partial charge is 0.264 e. The molecule has 0 aliphatic rings. The second-order valence-electron chi connectivity index (χ2n) is 6.66. The van der Waals surface area contributed by atoms with Crippen molar-refractivity contribution in [1.29, 1.82) is 5.26 Å². The molecule has 2 aromatic carbocycles. The largest absolute Gasteiger partial charge is 0.506 e. The van der Waals surface area contributed by atoms with Gasteiger partial charge < -0.3 is 14.4 Å². The van der Waals surface area contributed by atoms with E-state index in [4.69, 9.17) is 16.3 Å². The lowest BCUT2D eigenvalue weighted by Crippen LogP contribution is -2.19. The van der Waals surface area contributed by atoms with Crippen molar-refractivity contribution in [2.75, 3.05) is 7.11 Å². The van der Waals surface area contributed by atoms with Crippen LogP contribution in [0.25, 0.3) is 33.3 Å². The van der Waals surface area contributed by atoms with Crippen LogP contribution in [0.15, 0.2) is 59.4 Å². The van der Waals surface area contributed by atoms with E-state index in [1.165, 1.54) is 11.7 Å². The van der Waals surface area contributed by atoms with E-state index in [0.29, 0.717) is 27.1 Å². The van der Waals surface area contributed by atoms with Gasteiger partial charge in [-0.3, -0.25) is 4.79 Å². The number of aromatic nitrogens is 2. The summed E-state index contributed by atoms with van der Waals surface area (Å²) < 4.78 is 6.79. The molecule has 0 saturated heterocycles. The Morgan fingerprint density at radius 3 is 2.53 bits per heavy atom. The highest BCUT2D eigenvalue weighted by Gasteiger charge is 2.22. The minimum Gasteiger partial charge on any atom is -0.506 e. The van der Waals surface area contributed by atoms with Crippen LogP contribution < -0.4 is 10.3 Å². The molecule has 0 radical (unpaired) electrons. The van der Waals surface area contributed by atoms with Crippen LogP contribution in [0.2, 0.25) is 5.02 Å². The molecule has 0 fully saturated rings. The average Bonchev–Trinajstić information content (AvgIpc) is 2.77. The number of ether oxygens (including phenoxy) is 1. The first-order valence-corrected chi connectivity index (χ1v) is 9.40. The molecule has 4 rings (SSSR count). The lowest BCUT2D eigenvalue weighted by atomic mass is 9.98. The maximum absolute atomic E-state index is 13.1. The number of halogens is 1. The third-order valence-electron chi connectivity index (χ3n) is 4.98. The normalized spacial score (nSPS) is 10.7. The molecular weight excluding hydrogens is 402 g/mol. The Morgan fingerprint density at radius 2 is 1.87 bits per heavy atom. The predicted octanol–water partition coefficient (Wildman–Crippen LogP) is 4.51. The summed E-state index contributed by atoms with van der Waals surface area (Å²) in [5, 5.41) is 21.7. The summed E-state index contributed by atoms with van der Waals surface area (Å²) in [4.78, 5) is 17.5. The molecule has 30 heavy (non-hydrogen) atoms. The fourth-order valence-electron chi connectivity index (χ4n) is 3.47. The van der Waals surface area contributed by atoms with Gasteiger partial charge in [0, 0.05) is 23.0 Å². The van der Waals surface area contributed by atoms with Crippen LogP contribution in [0, 0.1) is 11.3 Å². The summed E-state index contributed by atoms with van der Waals surface area (Å²) in [6.07, 6.45) is 0. The fraction of sp³-hybridized carbons (Fsp3) is 0.0870. The Labute approximate surface area is 177 Å². The Balaban J connectivity index is 2.08. The molecule has 1 N–H and O–H groups in total. The van der Waals surface area contributed by atoms with E-state index >= 15 is 0 Å². The molecule has 0 aliphatic heterocycles. The van der Waals surface area contributed by atoms with Crippen LogP contribution in [0.1, 0.15) is 5.56 Å². The highest BCUT2D eigenvalue weighted by molar-refractivity contribution is 6.30. The number of nitrogens with zero attached hydrogens (tertiary/aromatic N) is 3. The van der Waals surface area contributed by atoms with Crippen LogP contribution in [-0.2, 0) is 7.05 Å². The van der Waals surface area contributed by atoms with Crippen molar-refractivity contribution in [3.63, 3.8) is 0 Å². The maximum atomic E-state index is 13.1. The van der Waals surface area contributed by atoms with E-state index in [1.807, 2.05) is 0 Å². The Morgan fingerprint density at radius 1 is 1.17 bits per heavy atom. The molecule has 0 amide bonds. The lowest BCUT2D eigenvalue weighted by molar-refractivity contribution is 0.397. The Hall–Kier alpha value is -3.82. The standard InChI is InChI=1S/C23H16ClN3O3/c1-27-19-6-4-3-5-15(19)21(28)20(23(27)29)18-11-16(13-7-9-14(24)10-8-13)17(12-25)22(26-18)30-2/h3-11,28H,1-2H3. The van der Waals surface area contributed by atoms with E-state index in [2.05, 4.69) is 11.1 Å². The first-order chi connectivity index (χ1) is 14.5. The van der Waals surface area contributed by atoms with Gasteiger partial charge >= 0.3 is 0 Å². The van der Waals surface area contributed by atoms with E-state index in [1.54, 1.807) is 61.6 Å². The number of hydrogen-bond acceptors (Lipinski definition) is 5. The number of fused-ring (bicyclic) bond motifs is 1. The Kier molecular flexibility index (Phi) is 4.90. The van der Waals surface area contributed by atoms with Gasteiger partial charge in [0.25, 0.3) is 5.56 Å². The number of hydrogen-bond donors (Lipinski definition) is 1. The van der Waals surface area contributed by atoms with E-state index in [9.17, 15) is 15.2 Å². The van der Waals surface area contributed by atoms with Gasteiger partial charge in [0.15, 0.2) is 0 Å². The van der Waals surface area contributed by atoms with E-state index in [0.717, 1.165) is 0 Å². The SMILES string of the molecule is COc1nc(-c2c(O)c3ccccc3n(C)c2=O)cc(-c2ccc(Cl)cc2)c1C#N. The molecule has 7 heteroatoms. The van der Waals surface area contributed by atoms with Crippen molar-refractivity contribution in [3.05, 3.63) is 75.5 Å². The van der Waals surface area contributed by atoms with Crippen molar-refractivity contribution in [2.24, 2.45) is 7.05 Å². The minimum absolute atomic E-state index is 0.0363. The first kappa shape index (κ1) is 19.5. The van der Waals surface area contributed by atoms with Gasteiger partial charge in [-0.25, -0.2) is 4.98 Å². The maximum Gasteiger partial charge on any atom is 0.264 e. The van der Waals surface area contributed by atoms with Crippen molar-refractivity contribution in [3.8, 4) is 40.1 Å². The summed E-state index contributed by atoms with van der Waals surface area (Å²) in [5.41, 5.74) is 1.88. The summed E-state index contributed by atoms with van der Waals surface area (Å²) in [6.45, 7) is 0. The molecule has 0 aliphatic carbocycles. The molecule has 4 aromatic rings. The van der Waals surface area contributed by atoms with E-state index in [-0.39, 0.29) is 28.5 Å². The Bertz CT molecular complexity index is 1390. The third-order valence-corrected chi connectivity index (χ3v) is 5.23. The zero-order valence-corrected chi connectivity index (χ0v) is 16.9. The van der Waals surface area contributed by atoms with Gasteiger partial charge in [0.2, 0.25) is 5.88 Å². The number of pyridine rings is 2. The topological polar surface area (TPSA) is 88.1 Å². The van der Waals surface area contributed by atoms with Gasteiger partial charge in [0.1, 0.15) is 22.9 Å². The summed E-state index contributed by atoms with van der Waals surface area (Å²) in [6, 6.07) is 17.7. The van der Waals surface area contributed by atoms with Gasteiger partial charge in [-0.2, -0.15) is 5.26 Å².